The van der Waals surface area contributed by atoms with Gasteiger partial charge in [-0.15, -0.1) is 0 Å². The summed E-state index contributed by atoms with van der Waals surface area (Å²) >= 11 is 5.91. The maximum absolute atomic E-state index is 5.91. The molecule has 2 aliphatic rings. The van der Waals surface area contributed by atoms with E-state index in [-0.39, 0.29) is 11.3 Å². The number of anilines is 1. The summed E-state index contributed by atoms with van der Waals surface area (Å²) in [4.78, 5) is 17.2. The van der Waals surface area contributed by atoms with E-state index in [1.165, 1.54) is 39.5 Å². The minimum Gasteiger partial charge on any atom is -0.467 e. The number of piperidine rings is 1. The Kier molecular flexibility index (Phi) is 4.21. The molecule has 7 heteroatoms. The third-order valence-electron chi connectivity index (χ3n) is 4.11. The molecule has 2 fully saturated rings. The monoisotopic (exact) mass is 297 g/mol. The van der Waals surface area contributed by atoms with Gasteiger partial charge >= 0.3 is 6.01 Å². The van der Waals surface area contributed by atoms with Crippen molar-refractivity contribution in [3.63, 3.8) is 0 Å². The molecule has 0 spiro atoms. The van der Waals surface area contributed by atoms with Crippen molar-refractivity contribution in [1.82, 2.24) is 19.9 Å². The summed E-state index contributed by atoms with van der Waals surface area (Å²) in [5.41, 5.74) is 0. The molecule has 20 heavy (non-hydrogen) atoms. The normalized spacial score (nSPS) is 24.1. The van der Waals surface area contributed by atoms with Crippen LogP contribution in [0.2, 0.25) is 5.28 Å². The average molecular weight is 298 g/mol. The van der Waals surface area contributed by atoms with Crippen LogP contribution < -0.4 is 9.64 Å². The zero-order valence-corrected chi connectivity index (χ0v) is 12.5. The Balaban J connectivity index is 1.68. The van der Waals surface area contributed by atoms with E-state index in [9.17, 15) is 0 Å². The van der Waals surface area contributed by atoms with E-state index in [0.29, 0.717) is 12.0 Å². The van der Waals surface area contributed by atoms with Crippen LogP contribution in [0.5, 0.6) is 6.01 Å². The molecule has 2 saturated heterocycles. The van der Waals surface area contributed by atoms with Crippen molar-refractivity contribution in [3.05, 3.63) is 5.28 Å². The first kappa shape index (κ1) is 13.8. The Bertz CT molecular complexity index is 466. The van der Waals surface area contributed by atoms with Crippen LogP contribution in [0.25, 0.3) is 0 Å². The molecule has 1 atom stereocenters. The van der Waals surface area contributed by atoms with Gasteiger partial charge in [0.1, 0.15) is 0 Å². The SMILES string of the molecule is COc1nc(Cl)nc(N2CCC(N3CCCCC3)C2)n1. The summed E-state index contributed by atoms with van der Waals surface area (Å²) in [6, 6.07) is 0.887. The van der Waals surface area contributed by atoms with E-state index in [2.05, 4.69) is 24.8 Å². The summed E-state index contributed by atoms with van der Waals surface area (Å²) in [6.07, 6.45) is 5.17. The molecule has 3 rings (SSSR count). The number of rotatable bonds is 3. The van der Waals surface area contributed by atoms with Crippen LogP contribution in [-0.4, -0.2) is 59.2 Å². The Morgan fingerprint density at radius 1 is 1.10 bits per heavy atom. The third kappa shape index (κ3) is 2.96. The van der Waals surface area contributed by atoms with Crippen LogP contribution >= 0.6 is 11.6 Å². The van der Waals surface area contributed by atoms with Crippen LogP contribution in [0.15, 0.2) is 0 Å². The summed E-state index contributed by atoms with van der Waals surface area (Å²) < 4.78 is 5.05. The van der Waals surface area contributed by atoms with Crippen molar-refractivity contribution >= 4 is 17.5 Å². The second kappa shape index (κ2) is 6.10. The predicted molar refractivity (Wildman–Crippen MR) is 77.4 cm³/mol. The topological polar surface area (TPSA) is 54.4 Å². The first-order valence-electron chi connectivity index (χ1n) is 7.21. The molecule has 0 saturated carbocycles. The van der Waals surface area contributed by atoms with Gasteiger partial charge in [-0.1, -0.05) is 6.42 Å². The smallest absolute Gasteiger partial charge is 0.322 e. The lowest BCUT2D eigenvalue weighted by atomic mass is 10.1. The third-order valence-corrected chi connectivity index (χ3v) is 4.28. The molecular formula is C13H20ClN5O. The number of nitrogens with zero attached hydrogens (tertiary/aromatic N) is 5. The zero-order chi connectivity index (χ0) is 13.9. The second-order valence-electron chi connectivity index (χ2n) is 5.38. The van der Waals surface area contributed by atoms with Crippen LogP contribution in [0, 0.1) is 0 Å². The van der Waals surface area contributed by atoms with Gasteiger partial charge in [-0.2, -0.15) is 15.0 Å². The molecule has 2 aliphatic heterocycles. The maximum Gasteiger partial charge on any atom is 0.322 e. The lowest BCUT2D eigenvalue weighted by Gasteiger charge is -2.32. The van der Waals surface area contributed by atoms with Gasteiger partial charge in [-0.25, -0.2) is 0 Å². The van der Waals surface area contributed by atoms with Crippen LogP contribution in [0.4, 0.5) is 5.95 Å². The van der Waals surface area contributed by atoms with Crippen molar-refractivity contribution in [2.24, 2.45) is 0 Å². The number of methoxy groups -OCH3 is 1. The van der Waals surface area contributed by atoms with Gasteiger partial charge in [0, 0.05) is 19.1 Å². The molecule has 3 heterocycles. The highest BCUT2D eigenvalue weighted by Crippen LogP contribution is 2.24. The molecule has 110 valence electrons. The second-order valence-corrected chi connectivity index (χ2v) is 5.71. The molecule has 0 radical (unpaired) electrons. The summed E-state index contributed by atoms with van der Waals surface area (Å²) in [6.45, 7) is 4.37. The lowest BCUT2D eigenvalue weighted by Crippen LogP contribution is -2.41. The first-order valence-corrected chi connectivity index (χ1v) is 7.58. The number of hydrogen-bond donors (Lipinski definition) is 0. The highest BCUT2D eigenvalue weighted by atomic mass is 35.5. The minimum absolute atomic E-state index is 0.188. The van der Waals surface area contributed by atoms with Gasteiger partial charge in [-0.3, -0.25) is 4.90 Å². The van der Waals surface area contributed by atoms with E-state index in [0.717, 1.165) is 19.5 Å². The number of hydrogen-bond acceptors (Lipinski definition) is 6. The Morgan fingerprint density at radius 2 is 1.90 bits per heavy atom. The number of ether oxygens (including phenoxy) is 1. The molecule has 0 bridgehead atoms. The van der Waals surface area contributed by atoms with E-state index >= 15 is 0 Å². The Morgan fingerprint density at radius 3 is 2.65 bits per heavy atom. The fraction of sp³-hybridized carbons (Fsp3) is 0.769. The molecule has 0 amide bonds. The standard InChI is InChI=1S/C13H20ClN5O/c1-20-13-16-11(14)15-12(17-13)19-8-5-10(9-19)18-6-3-2-4-7-18/h10H,2-9H2,1H3. The summed E-state index contributed by atoms with van der Waals surface area (Å²) in [5, 5.41) is 0.188. The fourth-order valence-electron chi connectivity index (χ4n) is 3.06. The quantitative estimate of drug-likeness (QED) is 0.845. The molecule has 6 nitrogen and oxygen atoms in total. The number of halogens is 1. The van der Waals surface area contributed by atoms with E-state index < -0.39 is 0 Å². The van der Waals surface area contributed by atoms with Gasteiger partial charge in [-0.05, 0) is 44.0 Å². The van der Waals surface area contributed by atoms with E-state index in [1.807, 2.05) is 0 Å². The van der Waals surface area contributed by atoms with Gasteiger partial charge in [0.15, 0.2) is 0 Å². The zero-order valence-electron chi connectivity index (χ0n) is 11.8. The fourth-order valence-corrected chi connectivity index (χ4v) is 3.21. The maximum atomic E-state index is 5.91. The molecule has 0 N–H and O–H groups in total. The van der Waals surface area contributed by atoms with Crippen molar-refractivity contribution in [1.29, 1.82) is 0 Å². The van der Waals surface area contributed by atoms with E-state index in [1.54, 1.807) is 0 Å². The summed E-state index contributed by atoms with van der Waals surface area (Å²) in [7, 11) is 1.54. The minimum atomic E-state index is 0.188. The molecule has 1 unspecified atom stereocenters. The van der Waals surface area contributed by atoms with Gasteiger partial charge < -0.3 is 9.64 Å². The van der Waals surface area contributed by atoms with Crippen molar-refractivity contribution in [2.75, 3.05) is 38.2 Å². The van der Waals surface area contributed by atoms with Gasteiger partial charge in [0.2, 0.25) is 11.2 Å². The van der Waals surface area contributed by atoms with Crippen LogP contribution in [-0.2, 0) is 0 Å². The molecule has 1 aromatic rings. The van der Waals surface area contributed by atoms with Crippen molar-refractivity contribution in [3.8, 4) is 6.01 Å². The Labute approximate surface area is 124 Å². The summed E-state index contributed by atoms with van der Waals surface area (Å²) in [5.74, 6) is 0.626. The molecule has 0 aromatic carbocycles. The average Bonchev–Trinajstić information content (AvgIpc) is 2.97. The molecule has 0 aliphatic carbocycles. The molecular weight excluding hydrogens is 278 g/mol. The molecule has 1 aromatic heterocycles. The largest absolute Gasteiger partial charge is 0.467 e. The van der Waals surface area contributed by atoms with Crippen LogP contribution in [0.3, 0.4) is 0 Å². The number of aromatic nitrogens is 3. The number of likely N-dealkylation sites (tertiary alicyclic amines) is 1. The van der Waals surface area contributed by atoms with Crippen LogP contribution in [0.1, 0.15) is 25.7 Å². The predicted octanol–water partition coefficient (Wildman–Crippen LogP) is 1.60. The van der Waals surface area contributed by atoms with Gasteiger partial charge in [0.05, 0.1) is 7.11 Å². The van der Waals surface area contributed by atoms with E-state index in [4.69, 9.17) is 16.3 Å². The Hall–Kier alpha value is -1.14. The first-order chi connectivity index (χ1) is 9.76. The van der Waals surface area contributed by atoms with Crippen molar-refractivity contribution in [2.45, 2.75) is 31.7 Å². The highest BCUT2D eigenvalue weighted by Gasteiger charge is 2.30. The van der Waals surface area contributed by atoms with Gasteiger partial charge in [0.25, 0.3) is 0 Å². The lowest BCUT2D eigenvalue weighted by molar-refractivity contribution is 0.174. The highest BCUT2D eigenvalue weighted by molar-refractivity contribution is 6.28. The van der Waals surface area contributed by atoms with Crippen molar-refractivity contribution < 1.29 is 4.74 Å².